The normalized spacial score (nSPS) is 19.1. The maximum atomic E-state index is 12.1. The fraction of sp³-hybridized carbons (Fsp3) is 0.529. The Morgan fingerprint density at radius 3 is 3.04 bits per heavy atom. The summed E-state index contributed by atoms with van der Waals surface area (Å²) in [6.45, 7) is 6.12. The Kier molecular flexibility index (Phi) is 4.52. The van der Waals surface area contributed by atoms with Crippen LogP contribution in [0.25, 0.3) is 11.1 Å². The molecule has 0 amide bonds. The summed E-state index contributed by atoms with van der Waals surface area (Å²) < 4.78 is 12.1. The Morgan fingerprint density at radius 2 is 2.26 bits per heavy atom. The third-order valence-electron chi connectivity index (χ3n) is 4.29. The van der Waals surface area contributed by atoms with Gasteiger partial charge in [-0.25, -0.2) is 4.79 Å². The molecule has 0 N–H and O–H groups in total. The van der Waals surface area contributed by atoms with Crippen LogP contribution in [0.2, 0.25) is 0 Å². The van der Waals surface area contributed by atoms with Crippen molar-refractivity contribution in [3.05, 3.63) is 34.3 Å². The van der Waals surface area contributed by atoms with Crippen LogP contribution in [-0.2, 0) is 16.2 Å². The Labute approximate surface area is 134 Å². The molecule has 124 valence electrons. The van der Waals surface area contributed by atoms with Gasteiger partial charge in [-0.05, 0) is 50.9 Å². The van der Waals surface area contributed by atoms with Crippen LogP contribution in [0.15, 0.2) is 27.4 Å². The van der Waals surface area contributed by atoms with Gasteiger partial charge in [0, 0.05) is 6.54 Å². The number of piperidine rings is 1. The number of carbonyl (C=O) groups is 1. The first kappa shape index (κ1) is 15.8. The van der Waals surface area contributed by atoms with Crippen LogP contribution in [0.1, 0.15) is 25.3 Å². The third-order valence-corrected chi connectivity index (χ3v) is 4.29. The van der Waals surface area contributed by atoms with Crippen LogP contribution in [0, 0.1) is 12.8 Å². The highest BCUT2D eigenvalue weighted by Crippen LogP contribution is 2.20. The monoisotopic (exact) mass is 318 g/mol. The molecular weight excluding hydrogens is 296 g/mol. The lowest BCUT2D eigenvalue weighted by atomic mass is 9.98. The van der Waals surface area contributed by atoms with E-state index in [1.165, 1.54) is 0 Å². The zero-order chi connectivity index (χ0) is 16.4. The SMILES string of the molecule is CCOC(=O)C1CCCN(Cn2c(=O)oc3ccc(C)cc32)C1. The highest BCUT2D eigenvalue weighted by atomic mass is 16.5. The van der Waals surface area contributed by atoms with Gasteiger partial charge in [-0.15, -0.1) is 0 Å². The number of esters is 1. The fourth-order valence-corrected chi connectivity index (χ4v) is 3.14. The molecular formula is C17H22N2O4. The van der Waals surface area contributed by atoms with Crippen LogP contribution >= 0.6 is 0 Å². The van der Waals surface area contributed by atoms with Gasteiger partial charge >= 0.3 is 11.7 Å². The molecule has 1 aromatic heterocycles. The number of aryl methyl sites for hydroxylation is 1. The minimum absolute atomic E-state index is 0.112. The van der Waals surface area contributed by atoms with Crippen molar-refractivity contribution in [2.24, 2.45) is 5.92 Å². The van der Waals surface area contributed by atoms with Crippen LogP contribution in [-0.4, -0.2) is 35.1 Å². The topological polar surface area (TPSA) is 64.7 Å². The lowest BCUT2D eigenvalue weighted by Gasteiger charge is -2.31. The van der Waals surface area contributed by atoms with E-state index in [4.69, 9.17) is 9.15 Å². The molecule has 3 rings (SSSR count). The van der Waals surface area contributed by atoms with E-state index in [0.29, 0.717) is 25.4 Å². The van der Waals surface area contributed by atoms with E-state index in [1.807, 2.05) is 32.0 Å². The Balaban J connectivity index is 1.79. The summed E-state index contributed by atoms with van der Waals surface area (Å²) in [5, 5.41) is 0. The molecule has 2 heterocycles. The van der Waals surface area contributed by atoms with E-state index in [-0.39, 0.29) is 17.6 Å². The second kappa shape index (κ2) is 6.58. The first-order valence-corrected chi connectivity index (χ1v) is 8.07. The van der Waals surface area contributed by atoms with Crippen LogP contribution in [0.4, 0.5) is 0 Å². The van der Waals surface area contributed by atoms with Crippen molar-refractivity contribution < 1.29 is 13.9 Å². The summed E-state index contributed by atoms with van der Waals surface area (Å²) in [6, 6.07) is 5.69. The van der Waals surface area contributed by atoms with E-state index in [2.05, 4.69) is 4.90 Å². The number of fused-ring (bicyclic) bond motifs is 1. The summed E-state index contributed by atoms with van der Waals surface area (Å²) in [5.41, 5.74) is 2.47. The quantitative estimate of drug-likeness (QED) is 0.808. The van der Waals surface area contributed by atoms with Gasteiger partial charge in [0.1, 0.15) is 0 Å². The average molecular weight is 318 g/mol. The van der Waals surface area contributed by atoms with Gasteiger partial charge in [0.2, 0.25) is 0 Å². The van der Waals surface area contributed by atoms with Crippen LogP contribution in [0.5, 0.6) is 0 Å². The van der Waals surface area contributed by atoms with Gasteiger partial charge in [0.25, 0.3) is 0 Å². The van der Waals surface area contributed by atoms with Crippen molar-refractivity contribution in [1.82, 2.24) is 9.47 Å². The fourth-order valence-electron chi connectivity index (χ4n) is 3.14. The number of nitrogens with zero attached hydrogens (tertiary/aromatic N) is 2. The van der Waals surface area contributed by atoms with E-state index in [9.17, 15) is 9.59 Å². The van der Waals surface area contributed by atoms with Gasteiger partial charge in [-0.3, -0.25) is 14.3 Å². The van der Waals surface area contributed by atoms with E-state index < -0.39 is 0 Å². The molecule has 1 aliphatic heterocycles. The predicted molar refractivity (Wildman–Crippen MR) is 86.1 cm³/mol. The Bertz CT molecular complexity index is 762. The lowest BCUT2D eigenvalue weighted by Crippen LogP contribution is -2.41. The van der Waals surface area contributed by atoms with Crippen molar-refractivity contribution in [3.8, 4) is 0 Å². The molecule has 6 nitrogen and oxygen atoms in total. The van der Waals surface area contributed by atoms with Crippen molar-refractivity contribution >= 4 is 17.1 Å². The second-order valence-corrected chi connectivity index (χ2v) is 6.08. The molecule has 0 bridgehead atoms. The van der Waals surface area contributed by atoms with Crippen molar-refractivity contribution in [3.63, 3.8) is 0 Å². The number of carbonyl (C=O) groups excluding carboxylic acids is 1. The second-order valence-electron chi connectivity index (χ2n) is 6.08. The molecule has 1 aliphatic rings. The van der Waals surface area contributed by atoms with Crippen molar-refractivity contribution in [1.29, 1.82) is 0 Å². The molecule has 2 aromatic rings. The minimum Gasteiger partial charge on any atom is -0.466 e. The van der Waals surface area contributed by atoms with Gasteiger partial charge in [0.05, 0.1) is 24.7 Å². The standard InChI is InChI=1S/C17H22N2O4/c1-3-22-16(20)13-5-4-8-18(10-13)11-19-14-9-12(2)6-7-15(14)23-17(19)21/h6-7,9,13H,3-5,8,10-11H2,1-2H3. The molecule has 1 fully saturated rings. The maximum Gasteiger partial charge on any atom is 0.421 e. The average Bonchev–Trinajstić information content (AvgIpc) is 2.83. The number of benzene rings is 1. The molecule has 1 atom stereocenters. The molecule has 1 saturated heterocycles. The lowest BCUT2D eigenvalue weighted by molar-refractivity contribution is -0.150. The smallest absolute Gasteiger partial charge is 0.421 e. The highest BCUT2D eigenvalue weighted by Gasteiger charge is 2.27. The number of hydrogen-bond donors (Lipinski definition) is 0. The molecule has 0 saturated carbocycles. The molecule has 0 spiro atoms. The summed E-state index contributed by atoms with van der Waals surface area (Å²) in [5.74, 6) is -0.611. The van der Waals surface area contributed by atoms with E-state index in [0.717, 1.165) is 30.5 Å². The number of aromatic nitrogens is 1. The van der Waals surface area contributed by atoms with E-state index in [1.54, 1.807) is 4.57 Å². The molecule has 1 unspecified atom stereocenters. The van der Waals surface area contributed by atoms with Gasteiger partial charge in [-0.2, -0.15) is 0 Å². The summed E-state index contributed by atoms with van der Waals surface area (Å²) in [4.78, 5) is 26.2. The van der Waals surface area contributed by atoms with Crippen molar-refractivity contribution in [2.75, 3.05) is 19.7 Å². The molecule has 0 aliphatic carbocycles. The number of likely N-dealkylation sites (tertiary alicyclic amines) is 1. The van der Waals surface area contributed by atoms with Gasteiger partial charge in [-0.1, -0.05) is 6.07 Å². The highest BCUT2D eigenvalue weighted by molar-refractivity contribution is 5.74. The summed E-state index contributed by atoms with van der Waals surface area (Å²) in [7, 11) is 0. The van der Waals surface area contributed by atoms with Gasteiger partial charge < -0.3 is 9.15 Å². The van der Waals surface area contributed by atoms with E-state index >= 15 is 0 Å². The third kappa shape index (κ3) is 3.32. The van der Waals surface area contributed by atoms with Gasteiger partial charge in [0.15, 0.2) is 5.58 Å². The number of ether oxygens (including phenoxy) is 1. The zero-order valence-electron chi connectivity index (χ0n) is 13.6. The number of rotatable bonds is 4. The molecule has 23 heavy (non-hydrogen) atoms. The first-order valence-electron chi connectivity index (χ1n) is 8.07. The summed E-state index contributed by atoms with van der Waals surface area (Å²) >= 11 is 0. The number of oxazole rings is 1. The zero-order valence-corrected chi connectivity index (χ0v) is 13.6. The number of hydrogen-bond acceptors (Lipinski definition) is 5. The molecule has 0 radical (unpaired) electrons. The Morgan fingerprint density at radius 1 is 1.43 bits per heavy atom. The summed E-state index contributed by atoms with van der Waals surface area (Å²) in [6.07, 6.45) is 1.77. The largest absolute Gasteiger partial charge is 0.466 e. The Hall–Kier alpha value is -2.08. The van der Waals surface area contributed by atoms with Crippen molar-refractivity contribution in [2.45, 2.75) is 33.4 Å². The van der Waals surface area contributed by atoms with Crippen LogP contribution in [0.3, 0.4) is 0 Å². The first-order chi connectivity index (χ1) is 11.1. The minimum atomic E-state index is -0.358. The van der Waals surface area contributed by atoms with Crippen LogP contribution < -0.4 is 5.76 Å². The predicted octanol–water partition coefficient (Wildman–Crippen LogP) is 2.14. The molecule has 6 heteroatoms. The molecule has 1 aromatic carbocycles. The maximum absolute atomic E-state index is 12.1.